The number of benzene rings is 1. The van der Waals surface area contributed by atoms with Crippen LogP contribution in [0.2, 0.25) is 0 Å². The second-order valence-electron chi connectivity index (χ2n) is 5.12. The van der Waals surface area contributed by atoms with Crippen LogP contribution in [0.15, 0.2) is 36.5 Å². The van der Waals surface area contributed by atoms with Crippen molar-refractivity contribution in [3.63, 3.8) is 0 Å². The summed E-state index contributed by atoms with van der Waals surface area (Å²) in [6.45, 7) is -0.0953. The maximum atomic E-state index is 13.7. The van der Waals surface area contributed by atoms with E-state index in [0.29, 0.717) is 0 Å². The average Bonchev–Trinajstić information content (AvgIpc) is 3.18. The van der Waals surface area contributed by atoms with Crippen LogP contribution in [-0.2, 0) is 4.79 Å². The summed E-state index contributed by atoms with van der Waals surface area (Å²) in [5, 5.41) is 9.29. The van der Waals surface area contributed by atoms with Crippen molar-refractivity contribution >= 4 is 11.8 Å². The normalized spacial score (nSPS) is 13.7. The number of carbonyl (C=O) groups excluding carboxylic acids is 2. The van der Waals surface area contributed by atoms with Crippen molar-refractivity contribution in [1.82, 2.24) is 20.4 Å². The molecule has 0 atom stereocenters. The molecule has 1 fully saturated rings. The molecular weight excluding hydrogens is 287 g/mol. The lowest BCUT2D eigenvalue weighted by atomic mass is 10.3. The molecule has 2 amide bonds. The Labute approximate surface area is 126 Å². The largest absolute Gasteiger partial charge is 0.352 e. The molecule has 114 valence electrons. The summed E-state index contributed by atoms with van der Waals surface area (Å²) in [6, 6.07) is 7.87. The molecule has 2 aromatic rings. The first-order valence-corrected chi connectivity index (χ1v) is 7.01. The Hall–Kier alpha value is -2.70. The van der Waals surface area contributed by atoms with Crippen molar-refractivity contribution in [1.29, 1.82) is 0 Å². The van der Waals surface area contributed by atoms with Crippen molar-refractivity contribution in [2.75, 3.05) is 6.54 Å². The van der Waals surface area contributed by atoms with Crippen molar-refractivity contribution in [2.45, 2.75) is 18.9 Å². The van der Waals surface area contributed by atoms with Crippen LogP contribution >= 0.6 is 0 Å². The van der Waals surface area contributed by atoms with Gasteiger partial charge in [-0.2, -0.15) is 5.10 Å². The van der Waals surface area contributed by atoms with Gasteiger partial charge in [-0.1, -0.05) is 12.1 Å². The zero-order valence-electron chi connectivity index (χ0n) is 11.8. The highest BCUT2D eigenvalue weighted by molar-refractivity contribution is 5.94. The zero-order chi connectivity index (χ0) is 15.5. The quantitative estimate of drug-likeness (QED) is 0.866. The van der Waals surface area contributed by atoms with Gasteiger partial charge in [0.05, 0.1) is 6.54 Å². The predicted molar refractivity (Wildman–Crippen MR) is 77.0 cm³/mol. The number of nitrogens with zero attached hydrogens (tertiary/aromatic N) is 2. The predicted octanol–water partition coefficient (Wildman–Crippen LogP) is 1.02. The molecule has 2 N–H and O–H groups in total. The van der Waals surface area contributed by atoms with Crippen LogP contribution < -0.4 is 10.6 Å². The fourth-order valence-corrected chi connectivity index (χ4v) is 1.97. The Morgan fingerprint density at radius 2 is 2.05 bits per heavy atom. The smallest absolute Gasteiger partial charge is 0.272 e. The molecule has 0 spiro atoms. The van der Waals surface area contributed by atoms with Crippen LogP contribution in [0.1, 0.15) is 23.3 Å². The van der Waals surface area contributed by atoms with Crippen molar-refractivity contribution < 1.29 is 14.0 Å². The number of hydrogen-bond acceptors (Lipinski definition) is 3. The summed E-state index contributed by atoms with van der Waals surface area (Å²) < 4.78 is 14.9. The van der Waals surface area contributed by atoms with Gasteiger partial charge >= 0.3 is 0 Å². The molecule has 0 bridgehead atoms. The van der Waals surface area contributed by atoms with E-state index in [1.165, 1.54) is 23.0 Å². The van der Waals surface area contributed by atoms with Gasteiger partial charge in [-0.3, -0.25) is 9.59 Å². The van der Waals surface area contributed by atoms with Gasteiger partial charge in [0.2, 0.25) is 5.91 Å². The van der Waals surface area contributed by atoms with Crippen LogP contribution in [0.3, 0.4) is 0 Å². The van der Waals surface area contributed by atoms with E-state index in [1.54, 1.807) is 18.2 Å². The van der Waals surface area contributed by atoms with Crippen LogP contribution in [0.4, 0.5) is 4.39 Å². The van der Waals surface area contributed by atoms with Gasteiger partial charge in [-0.15, -0.1) is 0 Å². The van der Waals surface area contributed by atoms with E-state index in [9.17, 15) is 14.0 Å². The van der Waals surface area contributed by atoms with E-state index in [0.717, 1.165) is 12.8 Å². The molecule has 0 aliphatic heterocycles. The van der Waals surface area contributed by atoms with Crippen LogP contribution in [0.5, 0.6) is 0 Å². The highest BCUT2D eigenvalue weighted by atomic mass is 19.1. The fraction of sp³-hybridized carbons (Fsp3) is 0.267. The number of halogens is 1. The van der Waals surface area contributed by atoms with Gasteiger partial charge in [0.1, 0.15) is 11.5 Å². The highest BCUT2D eigenvalue weighted by Crippen LogP contribution is 2.18. The summed E-state index contributed by atoms with van der Waals surface area (Å²) in [5.74, 6) is -1.12. The molecule has 1 saturated carbocycles. The fourth-order valence-electron chi connectivity index (χ4n) is 1.97. The Kier molecular flexibility index (Phi) is 3.86. The van der Waals surface area contributed by atoms with E-state index in [4.69, 9.17) is 0 Å². The third-order valence-electron chi connectivity index (χ3n) is 3.27. The molecule has 1 aromatic heterocycles. The summed E-state index contributed by atoms with van der Waals surface area (Å²) in [4.78, 5) is 23.4. The number of amides is 2. The molecule has 1 aromatic carbocycles. The number of para-hydroxylation sites is 1. The van der Waals surface area contributed by atoms with Gasteiger partial charge < -0.3 is 10.6 Å². The highest BCUT2D eigenvalue weighted by Gasteiger charge is 2.23. The third-order valence-corrected chi connectivity index (χ3v) is 3.27. The van der Waals surface area contributed by atoms with Gasteiger partial charge in [0, 0.05) is 12.2 Å². The second-order valence-corrected chi connectivity index (χ2v) is 5.12. The number of carbonyl (C=O) groups is 2. The number of hydrogen-bond donors (Lipinski definition) is 2. The molecule has 1 heterocycles. The minimum Gasteiger partial charge on any atom is -0.352 e. The van der Waals surface area contributed by atoms with Gasteiger partial charge in [0.25, 0.3) is 5.91 Å². The van der Waals surface area contributed by atoms with E-state index in [-0.39, 0.29) is 29.9 Å². The van der Waals surface area contributed by atoms with E-state index in [2.05, 4.69) is 15.7 Å². The molecule has 1 aliphatic rings. The van der Waals surface area contributed by atoms with Crippen LogP contribution in [0.25, 0.3) is 5.69 Å². The first-order chi connectivity index (χ1) is 10.6. The molecule has 0 saturated heterocycles. The van der Waals surface area contributed by atoms with E-state index < -0.39 is 11.7 Å². The van der Waals surface area contributed by atoms with Gasteiger partial charge in [-0.05, 0) is 31.0 Å². The lowest BCUT2D eigenvalue weighted by Crippen LogP contribution is -2.38. The maximum absolute atomic E-state index is 13.7. The zero-order valence-corrected chi connectivity index (χ0v) is 11.8. The Bertz CT molecular complexity index is 709. The molecular formula is C15H15FN4O2. The van der Waals surface area contributed by atoms with Crippen molar-refractivity contribution in [3.05, 3.63) is 48.0 Å². The molecule has 3 rings (SSSR count). The maximum Gasteiger partial charge on any atom is 0.272 e. The average molecular weight is 302 g/mol. The Balaban J connectivity index is 1.61. The number of aromatic nitrogens is 2. The van der Waals surface area contributed by atoms with Crippen LogP contribution in [0, 0.1) is 5.82 Å². The first-order valence-electron chi connectivity index (χ1n) is 7.01. The minimum atomic E-state index is -0.471. The van der Waals surface area contributed by atoms with Crippen molar-refractivity contribution in [2.24, 2.45) is 0 Å². The second kappa shape index (κ2) is 5.97. The Morgan fingerprint density at radius 3 is 2.77 bits per heavy atom. The topological polar surface area (TPSA) is 76.0 Å². The summed E-state index contributed by atoms with van der Waals surface area (Å²) in [6.07, 6.45) is 3.48. The van der Waals surface area contributed by atoms with E-state index >= 15 is 0 Å². The van der Waals surface area contributed by atoms with E-state index in [1.807, 2.05) is 0 Å². The Morgan fingerprint density at radius 1 is 1.27 bits per heavy atom. The lowest BCUT2D eigenvalue weighted by molar-refractivity contribution is -0.120. The molecule has 1 aliphatic carbocycles. The van der Waals surface area contributed by atoms with Gasteiger partial charge in [0.15, 0.2) is 5.69 Å². The SMILES string of the molecule is O=C(CNC(=O)c1ccn(-c2ccccc2F)n1)NC1CC1. The minimum absolute atomic E-state index is 0.0953. The third kappa shape index (κ3) is 3.30. The summed E-state index contributed by atoms with van der Waals surface area (Å²) >= 11 is 0. The molecule has 0 radical (unpaired) electrons. The van der Waals surface area contributed by atoms with Crippen LogP contribution in [-0.4, -0.2) is 34.2 Å². The summed E-state index contributed by atoms with van der Waals surface area (Å²) in [7, 11) is 0. The molecule has 0 unspecified atom stereocenters. The number of rotatable bonds is 5. The lowest BCUT2D eigenvalue weighted by Gasteiger charge is -2.04. The standard InChI is InChI=1S/C15H15FN4O2/c16-11-3-1-2-4-13(11)20-8-7-12(19-20)15(22)17-9-14(21)18-10-5-6-10/h1-4,7-8,10H,5-6,9H2,(H,17,22)(H,18,21). The number of nitrogens with one attached hydrogen (secondary N) is 2. The molecule has 22 heavy (non-hydrogen) atoms. The first kappa shape index (κ1) is 14.2. The molecule has 7 heteroatoms. The van der Waals surface area contributed by atoms with Crippen molar-refractivity contribution in [3.8, 4) is 5.69 Å². The molecule has 6 nitrogen and oxygen atoms in total. The van der Waals surface area contributed by atoms with Gasteiger partial charge in [-0.25, -0.2) is 9.07 Å². The monoisotopic (exact) mass is 302 g/mol. The summed E-state index contributed by atoms with van der Waals surface area (Å²) in [5.41, 5.74) is 0.385.